The monoisotopic (exact) mass is 498 g/mol. The molecule has 0 fully saturated rings. The first kappa shape index (κ1) is 27.0. The Morgan fingerprint density at radius 2 is 1.50 bits per heavy atom. The summed E-state index contributed by atoms with van der Waals surface area (Å²) in [5.41, 5.74) is 4.52. The molecule has 0 amide bonds. The molecule has 0 aliphatic rings. The molecule has 0 unspecified atom stereocenters. The third-order valence-electron chi connectivity index (χ3n) is 6.27. The van der Waals surface area contributed by atoms with Gasteiger partial charge in [0.1, 0.15) is 23.5 Å². The van der Waals surface area contributed by atoms with Crippen LogP contribution in [0.15, 0.2) is 54.6 Å². The molecule has 0 aliphatic carbocycles. The van der Waals surface area contributed by atoms with E-state index in [0.29, 0.717) is 11.4 Å². The van der Waals surface area contributed by atoms with Crippen molar-refractivity contribution in [1.29, 1.82) is 10.5 Å². The van der Waals surface area contributed by atoms with Crippen LogP contribution in [-0.4, -0.2) is 5.97 Å². The number of hydrogen-bond acceptors (Lipinski definition) is 4. The Morgan fingerprint density at radius 3 is 2.11 bits per heavy atom. The zero-order chi connectivity index (χ0) is 25.9. The number of unbranched alkanes of at least 4 members (excludes halogenated alkanes) is 4. The lowest BCUT2D eigenvalue weighted by molar-refractivity contribution is 0.0734. The lowest BCUT2D eigenvalue weighted by Gasteiger charge is -2.12. The molecule has 0 saturated carbocycles. The molecular weight excluding hydrogens is 468 g/mol. The fraction of sp³-hybridized carbons (Fsp3) is 0.323. The molecule has 3 aromatic rings. The first-order chi connectivity index (χ1) is 17.5. The minimum atomic E-state index is -0.631. The number of hydrogen-bond donors (Lipinski definition) is 0. The number of carbonyl (C=O) groups excluding carboxylic acids is 1. The fourth-order valence-corrected chi connectivity index (χ4v) is 4.48. The van der Waals surface area contributed by atoms with Crippen LogP contribution in [0.5, 0.6) is 5.75 Å². The fourth-order valence-electron chi connectivity index (χ4n) is 4.19. The summed E-state index contributed by atoms with van der Waals surface area (Å²) in [7, 11) is 0. The van der Waals surface area contributed by atoms with Crippen molar-refractivity contribution in [3.8, 4) is 29.0 Å². The van der Waals surface area contributed by atoms with Gasteiger partial charge in [0.15, 0.2) is 0 Å². The van der Waals surface area contributed by atoms with E-state index in [1.54, 1.807) is 30.3 Å². The van der Waals surface area contributed by atoms with Gasteiger partial charge in [0, 0.05) is 10.6 Å². The molecule has 3 rings (SSSR count). The average molecular weight is 499 g/mol. The molecule has 0 heterocycles. The first-order valence-electron chi connectivity index (χ1n) is 12.6. The van der Waals surface area contributed by atoms with E-state index in [1.807, 2.05) is 18.2 Å². The van der Waals surface area contributed by atoms with Gasteiger partial charge in [-0.1, -0.05) is 87.5 Å². The van der Waals surface area contributed by atoms with E-state index >= 15 is 0 Å². The quantitative estimate of drug-likeness (QED) is 0.151. The van der Waals surface area contributed by atoms with E-state index < -0.39 is 5.97 Å². The van der Waals surface area contributed by atoms with Gasteiger partial charge in [-0.2, -0.15) is 10.5 Å². The second kappa shape index (κ2) is 13.5. The minimum Gasteiger partial charge on any atom is -0.421 e. The highest BCUT2D eigenvalue weighted by molar-refractivity contribution is 6.33. The molecule has 0 radical (unpaired) electrons. The topological polar surface area (TPSA) is 73.9 Å². The van der Waals surface area contributed by atoms with E-state index in [2.05, 4.69) is 32.0 Å². The predicted molar refractivity (Wildman–Crippen MR) is 144 cm³/mol. The van der Waals surface area contributed by atoms with Crippen molar-refractivity contribution in [2.45, 2.75) is 65.2 Å². The Kier molecular flexibility index (Phi) is 10.1. The number of ether oxygens (including phenoxy) is 1. The van der Waals surface area contributed by atoms with E-state index in [0.717, 1.165) is 42.4 Å². The summed E-state index contributed by atoms with van der Waals surface area (Å²) < 4.78 is 5.54. The Labute approximate surface area is 219 Å². The SMILES string of the molecule is CCCCCc1ccc(-c2ccc(C(=O)Oc3ccc(CCCCC)c(C#N)c3C#N)cc2Cl)cc1. The Hall–Kier alpha value is -3.60. The van der Waals surface area contributed by atoms with Gasteiger partial charge in [-0.3, -0.25) is 0 Å². The zero-order valence-electron chi connectivity index (χ0n) is 20.9. The highest BCUT2D eigenvalue weighted by Crippen LogP contribution is 2.31. The number of benzene rings is 3. The van der Waals surface area contributed by atoms with Crippen molar-refractivity contribution in [2.75, 3.05) is 0 Å². The lowest BCUT2D eigenvalue weighted by atomic mass is 9.97. The molecule has 0 bridgehead atoms. The third kappa shape index (κ3) is 6.75. The molecule has 0 aromatic heterocycles. The number of esters is 1. The van der Waals surface area contributed by atoms with Crippen molar-refractivity contribution in [3.63, 3.8) is 0 Å². The molecule has 184 valence electrons. The molecule has 0 saturated heterocycles. The molecule has 0 aliphatic heterocycles. The zero-order valence-corrected chi connectivity index (χ0v) is 21.7. The van der Waals surface area contributed by atoms with E-state index in [1.165, 1.54) is 24.8 Å². The van der Waals surface area contributed by atoms with Crippen LogP contribution < -0.4 is 4.74 Å². The van der Waals surface area contributed by atoms with Crippen LogP contribution in [0.3, 0.4) is 0 Å². The average Bonchev–Trinajstić information content (AvgIpc) is 2.89. The van der Waals surface area contributed by atoms with Crippen molar-refractivity contribution in [1.82, 2.24) is 0 Å². The summed E-state index contributed by atoms with van der Waals surface area (Å²) in [5.74, 6) is -0.550. The standard InChI is InChI=1S/C31H31ClN2O2/c1-3-5-7-9-22-11-13-24(14-12-22)26-17-15-25(19-29(26)32)31(35)36-30-18-16-23(10-8-6-4-2)27(20-33)28(30)21-34/h11-19H,3-10H2,1-2H3. The van der Waals surface area contributed by atoms with Crippen LogP contribution >= 0.6 is 11.6 Å². The maximum atomic E-state index is 12.9. The smallest absolute Gasteiger partial charge is 0.343 e. The first-order valence-corrected chi connectivity index (χ1v) is 13.0. The number of nitrogens with zero attached hydrogens (tertiary/aromatic N) is 2. The molecule has 3 aromatic carbocycles. The molecule has 36 heavy (non-hydrogen) atoms. The van der Waals surface area contributed by atoms with Crippen molar-refractivity contribution in [2.24, 2.45) is 0 Å². The molecule has 0 N–H and O–H groups in total. The van der Waals surface area contributed by atoms with Gasteiger partial charge in [-0.05, 0) is 60.6 Å². The van der Waals surface area contributed by atoms with Gasteiger partial charge in [0.2, 0.25) is 0 Å². The Morgan fingerprint density at radius 1 is 0.833 bits per heavy atom. The number of aryl methyl sites for hydroxylation is 2. The Bertz CT molecular complexity index is 1280. The third-order valence-corrected chi connectivity index (χ3v) is 6.58. The van der Waals surface area contributed by atoms with Crippen LogP contribution in [0.4, 0.5) is 0 Å². The summed E-state index contributed by atoms with van der Waals surface area (Å²) >= 11 is 6.54. The summed E-state index contributed by atoms with van der Waals surface area (Å²) in [5, 5.41) is 19.8. The van der Waals surface area contributed by atoms with E-state index in [9.17, 15) is 15.3 Å². The molecule has 4 nitrogen and oxygen atoms in total. The maximum Gasteiger partial charge on any atom is 0.343 e. The van der Waals surface area contributed by atoms with Crippen molar-refractivity contribution >= 4 is 17.6 Å². The number of carbonyl (C=O) groups is 1. The van der Waals surface area contributed by atoms with Crippen LogP contribution in [0.2, 0.25) is 5.02 Å². The highest BCUT2D eigenvalue weighted by Gasteiger charge is 2.18. The summed E-state index contributed by atoms with van der Waals surface area (Å²) in [6, 6.07) is 20.9. The van der Waals surface area contributed by atoms with Gasteiger partial charge in [0.05, 0.1) is 11.1 Å². The van der Waals surface area contributed by atoms with Gasteiger partial charge >= 0.3 is 5.97 Å². The van der Waals surface area contributed by atoms with Crippen LogP contribution in [-0.2, 0) is 12.8 Å². The predicted octanol–water partition coefficient (Wildman–Crippen LogP) is 8.43. The summed E-state index contributed by atoms with van der Waals surface area (Å²) in [6.45, 7) is 4.31. The van der Waals surface area contributed by atoms with Crippen LogP contribution in [0.25, 0.3) is 11.1 Å². The van der Waals surface area contributed by atoms with Gasteiger partial charge in [-0.25, -0.2) is 4.79 Å². The highest BCUT2D eigenvalue weighted by atomic mass is 35.5. The van der Waals surface area contributed by atoms with Crippen molar-refractivity contribution < 1.29 is 9.53 Å². The second-order valence-corrected chi connectivity index (χ2v) is 9.30. The summed E-state index contributed by atoms with van der Waals surface area (Å²) in [6.07, 6.45) is 8.41. The second-order valence-electron chi connectivity index (χ2n) is 8.89. The lowest BCUT2D eigenvalue weighted by Crippen LogP contribution is -2.10. The largest absolute Gasteiger partial charge is 0.421 e. The molecule has 0 atom stereocenters. The Balaban J connectivity index is 1.77. The van der Waals surface area contributed by atoms with Crippen LogP contribution in [0, 0.1) is 22.7 Å². The van der Waals surface area contributed by atoms with Gasteiger partial charge in [0.25, 0.3) is 0 Å². The van der Waals surface area contributed by atoms with E-state index in [-0.39, 0.29) is 22.4 Å². The molecule has 0 spiro atoms. The van der Waals surface area contributed by atoms with E-state index in [4.69, 9.17) is 16.3 Å². The number of halogens is 1. The summed E-state index contributed by atoms with van der Waals surface area (Å²) in [4.78, 5) is 12.9. The molecule has 5 heteroatoms. The van der Waals surface area contributed by atoms with Crippen LogP contribution in [0.1, 0.15) is 85.0 Å². The number of rotatable bonds is 11. The van der Waals surface area contributed by atoms with Gasteiger partial charge in [-0.15, -0.1) is 0 Å². The number of nitriles is 2. The van der Waals surface area contributed by atoms with Gasteiger partial charge < -0.3 is 4.74 Å². The van der Waals surface area contributed by atoms with Crippen molar-refractivity contribution in [3.05, 3.63) is 87.4 Å². The maximum absolute atomic E-state index is 12.9. The normalized spacial score (nSPS) is 10.5. The molecular formula is C31H31ClN2O2. The minimum absolute atomic E-state index is 0.0807.